The molecule has 0 radical (unpaired) electrons. The summed E-state index contributed by atoms with van der Waals surface area (Å²) in [6.07, 6.45) is 8.28. The Kier molecular flexibility index (Phi) is 3.27. The van der Waals surface area contributed by atoms with Crippen molar-refractivity contribution in [3.05, 3.63) is 0 Å². The Balaban J connectivity index is 1.42. The van der Waals surface area contributed by atoms with Gasteiger partial charge in [0.2, 0.25) is 5.91 Å². The Hall–Kier alpha value is -1.51. The van der Waals surface area contributed by atoms with Crippen LogP contribution in [-0.2, 0) is 4.79 Å². The second-order valence-corrected chi connectivity index (χ2v) is 6.43. The van der Waals surface area contributed by atoms with Crippen LogP contribution in [0.5, 0.6) is 0 Å². The number of nitrogens with zero attached hydrogens (tertiary/aromatic N) is 3. The summed E-state index contributed by atoms with van der Waals surface area (Å²) in [6, 6.07) is 0. The van der Waals surface area contributed by atoms with E-state index < -0.39 is 17.0 Å². The summed E-state index contributed by atoms with van der Waals surface area (Å²) in [6.45, 7) is 0.889. The van der Waals surface area contributed by atoms with Gasteiger partial charge < -0.3 is 4.90 Å². The lowest BCUT2D eigenvalue weighted by Gasteiger charge is -2.32. The highest BCUT2D eigenvalue weighted by Crippen LogP contribution is 2.65. The molecule has 21 heavy (non-hydrogen) atoms. The second-order valence-electron chi connectivity index (χ2n) is 6.43. The number of hydrogen-bond donors (Lipinski definition) is 0. The van der Waals surface area contributed by atoms with E-state index in [0.717, 1.165) is 0 Å². The summed E-state index contributed by atoms with van der Waals surface area (Å²) >= 11 is 0. The zero-order valence-electron chi connectivity index (χ0n) is 11.9. The van der Waals surface area contributed by atoms with Crippen molar-refractivity contribution in [3.8, 4) is 12.3 Å². The van der Waals surface area contributed by atoms with E-state index in [1.165, 1.54) is 0 Å². The molecule has 3 aliphatic rings. The van der Waals surface area contributed by atoms with Gasteiger partial charge in [-0.25, -0.2) is 8.78 Å². The first-order valence-corrected chi connectivity index (χ1v) is 7.45. The molecule has 2 fully saturated rings. The minimum atomic E-state index is -2.51. The van der Waals surface area contributed by atoms with Gasteiger partial charge in [-0.15, -0.1) is 12.3 Å². The molecule has 0 aromatic rings. The smallest absolute Gasteiger partial charge is 0.254 e. The van der Waals surface area contributed by atoms with Crippen molar-refractivity contribution in [3.63, 3.8) is 0 Å². The SMILES string of the molecule is C#CCCC1(CCC(=O)N2CCC3(CC2)CC3(F)F)N=N1. The molecule has 3 rings (SSSR count). The molecule has 0 atom stereocenters. The molecule has 1 amide bonds. The van der Waals surface area contributed by atoms with Gasteiger partial charge in [-0.2, -0.15) is 10.2 Å². The van der Waals surface area contributed by atoms with E-state index in [2.05, 4.69) is 16.1 Å². The predicted octanol–water partition coefficient (Wildman–Crippen LogP) is 2.99. The van der Waals surface area contributed by atoms with Crippen LogP contribution in [0.15, 0.2) is 10.2 Å². The van der Waals surface area contributed by atoms with Crippen LogP contribution in [-0.4, -0.2) is 35.5 Å². The summed E-state index contributed by atoms with van der Waals surface area (Å²) in [4.78, 5) is 13.9. The maximum absolute atomic E-state index is 13.3. The van der Waals surface area contributed by atoms with Crippen molar-refractivity contribution in [2.45, 2.75) is 56.5 Å². The molecule has 1 aliphatic carbocycles. The summed E-state index contributed by atoms with van der Waals surface area (Å²) in [5.74, 6) is 0.0650. The van der Waals surface area contributed by atoms with Crippen molar-refractivity contribution in [2.24, 2.45) is 15.6 Å². The van der Waals surface area contributed by atoms with Crippen molar-refractivity contribution in [2.75, 3.05) is 13.1 Å². The van der Waals surface area contributed by atoms with Crippen LogP contribution in [0.1, 0.15) is 44.9 Å². The highest BCUT2D eigenvalue weighted by Gasteiger charge is 2.70. The lowest BCUT2D eigenvalue weighted by molar-refractivity contribution is -0.133. The zero-order valence-corrected chi connectivity index (χ0v) is 11.9. The molecule has 114 valence electrons. The summed E-state index contributed by atoms with van der Waals surface area (Å²) in [7, 11) is 0. The molecule has 2 aliphatic heterocycles. The average molecular weight is 295 g/mol. The number of rotatable bonds is 5. The Morgan fingerprint density at radius 3 is 2.33 bits per heavy atom. The standard InChI is InChI=1S/C15H19F2N3O/c1-2-3-5-14(18-19-14)6-4-12(21)20-9-7-13(8-10-20)11-15(13,16)17/h1H,3-11H2. The molecule has 1 saturated carbocycles. The molecule has 0 unspecified atom stereocenters. The van der Waals surface area contributed by atoms with Crippen LogP contribution < -0.4 is 0 Å². The third kappa shape index (κ3) is 2.66. The van der Waals surface area contributed by atoms with Crippen LogP contribution in [0.2, 0.25) is 0 Å². The van der Waals surface area contributed by atoms with Crippen LogP contribution in [0, 0.1) is 17.8 Å². The van der Waals surface area contributed by atoms with Gasteiger partial charge in [-0.1, -0.05) is 0 Å². The normalized spacial score (nSPS) is 26.4. The molecule has 2 heterocycles. The monoisotopic (exact) mass is 295 g/mol. The molecule has 1 spiro atoms. The van der Waals surface area contributed by atoms with E-state index in [1.807, 2.05) is 0 Å². The molecule has 0 N–H and O–H groups in total. The number of carbonyl (C=O) groups excluding carboxylic acids is 1. The van der Waals surface area contributed by atoms with E-state index in [0.29, 0.717) is 51.6 Å². The van der Waals surface area contributed by atoms with Gasteiger partial charge >= 0.3 is 0 Å². The fourth-order valence-corrected chi connectivity index (χ4v) is 3.24. The van der Waals surface area contributed by atoms with E-state index in [-0.39, 0.29) is 12.3 Å². The minimum absolute atomic E-state index is 0.00497. The fourth-order valence-electron chi connectivity index (χ4n) is 3.24. The summed E-state index contributed by atoms with van der Waals surface area (Å²) in [5.41, 5.74) is -1.25. The topological polar surface area (TPSA) is 45.0 Å². The van der Waals surface area contributed by atoms with E-state index in [4.69, 9.17) is 6.42 Å². The van der Waals surface area contributed by atoms with Gasteiger partial charge in [-0.3, -0.25) is 4.79 Å². The van der Waals surface area contributed by atoms with E-state index in [9.17, 15) is 13.6 Å². The van der Waals surface area contributed by atoms with E-state index >= 15 is 0 Å². The fraction of sp³-hybridized carbons (Fsp3) is 0.800. The van der Waals surface area contributed by atoms with Crippen LogP contribution in [0.4, 0.5) is 8.78 Å². The number of alkyl halides is 2. The molecular formula is C15H19F2N3O. The number of amides is 1. The Labute approximate surface area is 123 Å². The lowest BCUT2D eigenvalue weighted by Crippen LogP contribution is -2.40. The second kappa shape index (κ2) is 4.75. The van der Waals surface area contributed by atoms with E-state index in [1.54, 1.807) is 4.90 Å². The molecule has 0 aromatic carbocycles. The number of likely N-dealkylation sites (tertiary alicyclic amines) is 1. The third-order valence-electron chi connectivity index (χ3n) is 5.08. The van der Waals surface area contributed by atoms with Crippen molar-refractivity contribution in [1.29, 1.82) is 0 Å². The molecule has 0 bridgehead atoms. The first kappa shape index (κ1) is 14.4. The highest BCUT2D eigenvalue weighted by molar-refractivity contribution is 5.76. The van der Waals surface area contributed by atoms with Gasteiger partial charge in [0.15, 0.2) is 5.66 Å². The highest BCUT2D eigenvalue weighted by atomic mass is 19.3. The summed E-state index contributed by atoms with van der Waals surface area (Å²) < 4.78 is 26.6. The van der Waals surface area contributed by atoms with Crippen LogP contribution in [0.25, 0.3) is 0 Å². The molecular weight excluding hydrogens is 276 g/mol. The molecule has 4 nitrogen and oxygen atoms in total. The first-order valence-electron chi connectivity index (χ1n) is 7.45. The largest absolute Gasteiger partial charge is 0.343 e. The average Bonchev–Trinajstić information content (AvgIpc) is 3.33. The molecule has 1 saturated heterocycles. The number of terminal acetylenes is 1. The first-order chi connectivity index (χ1) is 9.92. The predicted molar refractivity (Wildman–Crippen MR) is 72.7 cm³/mol. The van der Waals surface area contributed by atoms with Gasteiger partial charge in [-0.05, 0) is 12.8 Å². The molecule has 6 heteroatoms. The quantitative estimate of drug-likeness (QED) is 0.719. The van der Waals surface area contributed by atoms with Gasteiger partial charge in [0, 0.05) is 50.6 Å². The van der Waals surface area contributed by atoms with Gasteiger partial charge in [0.1, 0.15) is 0 Å². The van der Waals surface area contributed by atoms with Gasteiger partial charge in [0.25, 0.3) is 5.92 Å². The van der Waals surface area contributed by atoms with Crippen molar-refractivity contribution >= 4 is 5.91 Å². The Morgan fingerprint density at radius 2 is 1.86 bits per heavy atom. The molecule has 0 aromatic heterocycles. The van der Waals surface area contributed by atoms with Crippen molar-refractivity contribution in [1.82, 2.24) is 4.90 Å². The Bertz CT molecular complexity index is 510. The Morgan fingerprint density at radius 1 is 1.24 bits per heavy atom. The summed E-state index contributed by atoms with van der Waals surface area (Å²) in [5, 5.41) is 8.00. The van der Waals surface area contributed by atoms with Crippen LogP contribution in [0.3, 0.4) is 0 Å². The van der Waals surface area contributed by atoms with Crippen LogP contribution >= 0.6 is 0 Å². The minimum Gasteiger partial charge on any atom is -0.343 e. The number of hydrogen-bond acceptors (Lipinski definition) is 3. The van der Waals surface area contributed by atoms with Crippen molar-refractivity contribution < 1.29 is 13.6 Å². The lowest BCUT2D eigenvalue weighted by atomic mass is 9.92. The number of carbonyl (C=O) groups is 1. The number of halogens is 2. The zero-order chi connectivity index (χ0) is 15.1. The maximum atomic E-state index is 13.3. The maximum Gasteiger partial charge on any atom is 0.254 e. The number of piperidine rings is 1. The third-order valence-corrected chi connectivity index (χ3v) is 5.08. The van der Waals surface area contributed by atoms with Gasteiger partial charge in [0.05, 0.1) is 0 Å².